The predicted molar refractivity (Wildman–Crippen MR) is 122 cm³/mol. The lowest BCUT2D eigenvalue weighted by atomic mass is 10.1. The van der Waals surface area contributed by atoms with Crippen molar-refractivity contribution in [1.29, 1.82) is 0 Å². The van der Waals surface area contributed by atoms with E-state index in [2.05, 4.69) is 15.7 Å². The van der Waals surface area contributed by atoms with Gasteiger partial charge in [0.15, 0.2) is 5.69 Å². The number of para-hydroxylation sites is 1. The number of fused-ring (bicyclic) bond motifs is 1. The number of nitrogens with zero attached hydrogens (tertiary/aromatic N) is 2. The van der Waals surface area contributed by atoms with Crippen LogP contribution in [0.4, 0.5) is 15.8 Å². The molecule has 170 valence electrons. The Morgan fingerprint density at radius 3 is 2.24 bits per heavy atom. The van der Waals surface area contributed by atoms with Gasteiger partial charge in [0.1, 0.15) is 12.4 Å². The summed E-state index contributed by atoms with van der Waals surface area (Å²) in [6.45, 7) is -0.572. The number of carboxylic acids is 1. The molecule has 3 N–H and O–H groups in total. The molecule has 4 aromatic rings. The van der Waals surface area contributed by atoms with Crippen LogP contribution in [0, 0.1) is 5.82 Å². The van der Waals surface area contributed by atoms with Crippen LogP contribution in [0.25, 0.3) is 10.8 Å². The molecule has 0 fully saturated rings. The molecule has 1 aromatic heterocycles. The molecule has 0 saturated heterocycles. The van der Waals surface area contributed by atoms with Crippen molar-refractivity contribution in [3.63, 3.8) is 0 Å². The second-order valence-electron chi connectivity index (χ2n) is 7.22. The Balaban J connectivity index is 1.58. The number of carbonyl (C=O) groups is 3. The van der Waals surface area contributed by atoms with Crippen molar-refractivity contribution in [3.05, 3.63) is 100 Å². The Bertz CT molecular complexity index is 1480. The lowest BCUT2D eigenvalue weighted by molar-refractivity contribution is -0.117. The third-order valence-corrected chi connectivity index (χ3v) is 4.91. The SMILES string of the molecule is O=C(Cn1nc(C(=O)O)c2ccccc2c1=O)Nc1ccccc1C(=O)Nc1ccc(F)cc1. The molecule has 0 atom stereocenters. The maximum Gasteiger partial charge on any atom is 0.357 e. The minimum Gasteiger partial charge on any atom is -0.476 e. The van der Waals surface area contributed by atoms with Crippen LogP contribution in [-0.2, 0) is 11.3 Å². The first-order chi connectivity index (χ1) is 16.3. The number of carboxylic acid groups (broad SMARTS) is 1. The van der Waals surface area contributed by atoms with Crippen LogP contribution < -0.4 is 16.2 Å². The zero-order valence-corrected chi connectivity index (χ0v) is 17.5. The molecule has 0 aliphatic rings. The number of benzene rings is 3. The maximum absolute atomic E-state index is 13.1. The van der Waals surface area contributed by atoms with Crippen molar-refractivity contribution in [1.82, 2.24) is 9.78 Å². The maximum atomic E-state index is 13.1. The Labute approximate surface area is 191 Å². The van der Waals surface area contributed by atoms with E-state index in [1.165, 1.54) is 48.5 Å². The van der Waals surface area contributed by atoms with Crippen molar-refractivity contribution in [3.8, 4) is 0 Å². The first kappa shape index (κ1) is 22.3. The summed E-state index contributed by atoms with van der Waals surface area (Å²) in [4.78, 5) is 49.7. The van der Waals surface area contributed by atoms with Gasteiger partial charge in [0.25, 0.3) is 11.5 Å². The van der Waals surface area contributed by atoms with E-state index in [-0.39, 0.29) is 27.7 Å². The van der Waals surface area contributed by atoms with E-state index in [0.717, 1.165) is 4.68 Å². The average molecular weight is 460 g/mol. The molecule has 1 heterocycles. The molecule has 0 saturated carbocycles. The first-order valence-corrected chi connectivity index (χ1v) is 10.0. The number of nitrogens with one attached hydrogen (secondary N) is 2. The molecule has 0 unspecified atom stereocenters. The van der Waals surface area contributed by atoms with E-state index in [4.69, 9.17) is 0 Å². The van der Waals surface area contributed by atoms with Crippen LogP contribution in [0.1, 0.15) is 20.8 Å². The molecule has 0 bridgehead atoms. The molecule has 0 aliphatic carbocycles. The van der Waals surface area contributed by atoms with Gasteiger partial charge in [-0.15, -0.1) is 0 Å². The fourth-order valence-electron chi connectivity index (χ4n) is 3.35. The predicted octanol–water partition coefficient (Wildman–Crippen LogP) is 3.12. The molecule has 2 amide bonds. The summed E-state index contributed by atoms with van der Waals surface area (Å²) in [6, 6.07) is 17.5. The summed E-state index contributed by atoms with van der Waals surface area (Å²) in [5.41, 5.74) is -0.328. The van der Waals surface area contributed by atoms with Gasteiger partial charge < -0.3 is 15.7 Å². The van der Waals surface area contributed by atoms with Gasteiger partial charge in [-0.25, -0.2) is 13.9 Å². The summed E-state index contributed by atoms with van der Waals surface area (Å²) in [5, 5.41) is 18.7. The zero-order chi connectivity index (χ0) is 24.2. The van der Waals surface area contributed by atoms with Crippen LogP contribution in [0.2, 0.25) is 0 Å². The number of halogens is 1. The highest BCUT2D eigenvalue weighted by atomic mass is 19.1. The number of amides is 2. The highest BCUT2D eigenvalue weighted by Gasteiger charge is 2.18. The van der Waals surface area contributed by atoms with Crippen LogP contribution in [0.5, 0.6) is 0 Å². The summed E-state index contributed by atoms with van der Waals surface area (Å²) in [6.07, 6.45) is 0. The quantitative estimate of drug-likeness (QED) is 0.405. The lowest BCUT2D eigenvalue weighted by Crippen LogP contribution is -2.31. The largest absolute Gasteiger partial charge is 0.476 e. The van der Waals surface area contributed by atoms with Gasteiger partial charge in [-0.1, -0.05) is 30.3 Å². The Morgan fingerprint density at radius 1 is 0.882 bits per heavy atom. The van der Waals surface area contributed by atoms with E-state index < -0.39 is 35.7 Å². The summed E-state index contributed by atoms with van der Waals surface area (Å²) >= 11 is 0. The summed E-state index contributed by atoms with van der Waals surface area (Å²) < 4.78 is 13.9. The normalized spacial score (nSPS) is 10.6. The second-order valence-corrected chi connectivity index (χ2v) is 7.22. The Morgan fingerprint density at radius 2 is 1.53 bits per heavy atom. The first-order valence-electron chi connectivity index (χ1n) is 10.0. The molecule has 0 spiro atoms. The van der Waals surface area contributed by atoms with Gasteiger partial charge >= 0.3 is 5.97 Å². The number of aromatic nitrogens is 2. The van der Waals surface area contributed by atoms with Gasteiger partial charge in [0.05, 0.1) is 16.6 Å². The summed E-state index contributed by atoms with van der Waals surface area (Å²) in [7, 11) is 0. The number of carbonyl (C=O) groups excluding carboxylic acids is 2. The van der Waals surface area contributed by atoms with Gasteiger partial charge in [-0.3, -0.25) is 14.4 Å². The number of hydrogen-bond acceptors (Lipinski definition) is 5. The lowest BCUT2D eigenvalue weighted by Gasteiger charge is -2.13. The standard InChI is InChI=1S/C24H17FN4O5/c25-14-9-11-15(12-10-14)26-22(31)18-7-3-4-8-19(18)27-20(30)13-29-23(32)17-6-2-1-5-16(17)21(28-29)24(33)34/h1-12H,13H2,(H,26,31)(H,27,30)(H,33,34). The number of aromatic carboxylic acids is 1. The van der Waals surface area contributed by atoms with Gasteiger partial charge in [-0.2, -0.15) is 5.10 Å². The van der Waals surface area contributed by atoms with Crippen molar-refractivity contribution in [2.45, 2.75) is 6.54 Å². The second kappa shape index (κ2) is 9.33. The number of rotatable bonds is 6. The van der Waals surface area contributed by atoms with Crippen LogP contribution in [0.15, 0.2) is 77.6 Å². The van der Waals surface area contributed by atoms with E-state index >= 15 is 0 Å². The van der Waals surface area contributed by atoms with Crippen molar-refractivity contribution in [2.75, 3.05) is 10.6 Å². The van der Waals surface area contributed by atoms with E-state index in [1.54, 1.807) is 24.3 Å². The van der Waals surface area contributed by atoms with E-state index in [1.807, 2.05) is 0 Å². The fourth-order valence-corrected chi connectivity index (χ4v) is 3.35. The smallest absolute Gasteiger partial charge is 0.357 e. The summed E-state index contributed by atoms with van der Waals surface area (Å²) in [5.74, 6) is -3.03. The molecular formula is C24H17FN4O5. The van der Waals surface area contributed by atoms with Crippen molar-refractivity contribution >= 4 is 39.9 Å². The minimum absolute atomic E-state index is 0.113. The molecular weight excluding hydrogens is 443 g/mol. The van der Waals surface area contributed by atoms with Crippen LogP contribution >= 0.6 is 0 Å². The molecule has 0 aliphatic heterocycles. The van der Waals surface area contributed by atoms with Crippen molar-refractivity contribution in [2.24, 2.45) is 0 Å². The van der Waals surface area contributed by atoms with Gasteiger partial charge in [0, 0.05) is 11.1 Å². The third-order valence-electron chi connectivity index (χ3n) is 4.91. The van der Waals surface area contributed by atoms with Gasteiger partial charge in [0.2, 0.25) is 5.91 Å². The number of anilines is 2. The van der Waals surface area contributed by atoms with Crippen LogP contribution in [0.3, 0.4) is 0 Å². The van der Waals surface area contributed by atoms with Crippen LogP contribution in [-0.4, -0.2) is 32.7 Å². The van der Waals surface area contributed by atoms with E-state index in [9.17, 15) is 28.7 Å². The zero-order valence-electron chi connectivity index (χ0n) is 17.5. The molecule has 10 heteroatoms. The molecule has 4 rings (SSSR count). The highest BCUT2D eigenvalue weighted by molar-refractivity contribution is 6.10. The Hall–Kier alpha value is -4.86. The van der Waals surface area contributed by atoms with Gasteiger partial charge in [-0.05, 0) is 42.5 Å². The topological polar surface area (TPSA) is 130 Å². The van der Waals surface area contributed by atoms with E-state index in [0.29, 0.717) is 5.69 Å². The molecule has 0 radical (unpaired) electrons. The molecule has 9 nitrogen and oxygen atoms in total. The Kier molecular flexibility index (Phi) is 6.13. The number of hydrogen-bond donors (Lipinski definition) is 3. The van der Waals surface area contributed by atoms with Crippen molar-refractivity contribution < 1.29 is 23.9 Å². The average Bonchev–Trinajstić information content (AvgIpc) is 2.82. The monoisotopic (exact) mass is 460 g/mol. The fraction of sp³-hybridized carbons (Fsp3) is 0.0417. The highest BCUT2D eigenvalue weighted by Crippen LogP contribution is 2.18. The minimum atomic E-state index is -1.34. The molecule has 34 heavy (non-hydrogen) atoms. The third kappa shape index (κ3) is 4.65. The molecule has 3 aromatic carbocycles.